The van der Waals surface area contributed by atoms with Crippen LogP contribution >= 0.6 is 0 Å². The second-order valence-corrected chi connectivity index (χ2v) is 3.33. The fourth-order valence-corrected chi connectivity index (χ4v) is 1.20. The molecular weight excluding hydrogens is 194 g/mol. The van der Waals surface area contributed by atoms with E-state index < -0.39 is 0 Å². The summed E-state index contributed by atoms with van der Waals surface area (Å²) >= 11 is 0. The Balaban J connectivity index is 2.10. The molecule has 78 valence electrons. The smallest absolute Gasteiger partial charge is 0.277 e. The molecule has 0 spiro atoms. The van der Waals surface area contributed by atoms with Crippen LogP contribution < -0.4 is 5.32 Å². The second-order valence-electron chi connectivity index (χ2n) is 3.33. The fraction of sp³-hybridized carbons (Fsp3) is 0.222. The van der Waals surface area contributed by atoms with Crippen molar-refractivity contribution in [2.45, 2.75) is 13.8 Å². The standard InChI is InChI=1S/C9H11N5O/c1-5-3-7(13-11-5)9(15)10-8-4-6(2)12-14-8/h3-4H,1-2H3,(H,11,13)(H2,10,12,14,15). The van der Waals surface area contributed by atoms with Crippen LogP contribution in [0, 0.1) is 13.8 Å². The van der Waals surface area contributed by atoms with Crippen LogP contribution in [0.5, 0.6) is 0 Å². The summed E-state index contributed by atoms with van der Waals surface area (Å²) in [5.74, 6) is 0.226. The monoisotopic (exact) mass is 205 g/mol. The van der Waals surface area contributed by atoms with E-state index >= 15 is 0 Å². The highest BCUT2D eigenvalue weighted by Crippen LogP contribution is 2.06. The lowest BCUT2D eigenvalue weighted by Gasteiger charge is -1.96. The molecule has 0 aliphatic carbocycles. The Kier molecular flexibility index (Phi) is 2.24. The van der Waals surface area contributed by atoms with Crippen LogP contribution in [0.3, 0.4) is 0 Å². The van der Waals surface area contributed by atoms with Crippen molar-refractivity contribution in [1.82, 2.24) is 20.4 Å². The molecule has 0 saturated carbocycles. The molecule has 2 heterocycles. The number of carbonyl (C=O) groups is 1. The summed E-state index contributed by atoms with van der Waals surface area (Å²) < 4.78 is 0. The summed E-state index contributed by atoms with van der Waals surface area (Å²) in [7, 11) is 0. The first-order valence-corrected chi connectivity index (χ1v) is 4.50. The Morgan fingerprint density at radius 2 is 1.87 bits per heavy atom. The lowest BCUT2D eigenvalue weighted by molar-refractivity contribution is 0.102. The van der Waals surface area contributed by atoms with Gasteiger partial charge in [0.15, 0.2) is 11.5 Å². The second kappa shape index (κ2) is 3.56. The van der Waals surface area contributed by atoms with Crippen molar-refractivity contribution in [1.29, 1.82) is 0 Å². The predicted molar refractivity (Wildman–Crippen MR) is 54.6 cm³/mol. The van der Waals surface area contributed by atoms with Crippen LogP contribution in [0.2, 0.25) is 0 Å². The molecule has 0 radical (unpaired) electrons. The number of carbonyl (C=O) groups excluding carboxylic acids is 1. The first-order chi connectivity index (χ1) is 7.15. The Labute approximate surface area is 86.1 Å². The third kappa shape index (κ3) is 2.04. The van der Waals surface area contributed by atoms with Crippen molar-refractivity contribution in [2.24, 2.45) is 0 Å². The van der Waals surface area contributed by atoms with Crippen LogP contribution in [-0.4, -0.2) is 26.3 Å². The number of aromatic nitrogens is 4. The molecule has 6 heteroatoms. The average molecular weight is 205 g/mol. The number of rotatable bonds is 2. The van der Waals surface area contributed by atoms with E-state index in [1.54, 1.807) is 12.1 Å². The van der Waals surface area contributed by atoms with Gasteiger partial charge >= 0.3 is 0 Å². The van der Waals surface area contributed by atoms with Crippen LogP contribution in [0.4, 0.5) is 5.82 Å². The molecule has 1 amide bonds. The van der Waals surface area contributed by atoms with Crippen molar-refractivity contribution >= 4 is 11.7 Å². The molecule has 0 unspecified atom stereocenters. The lowest BCUT2D eigenvalue weighted by Crippen LogP contribution is -2.12. The zero-order chi connectivity index (χ0) is 10.8. The van der Waals surface area contributed by atoms with Gasteiger partial charge in [0.25, 0.3) is 5.91 Å². The van der Waals surface area contributed by atoms with E-state index in [0.29, 0.717) is 11.5 Å². The van der Waals surface area contributed by atoms with Gasteiger partial charge in [-0.2, -0.15) is 10.2 Å². The van der Waals surface area contributed by atoms with Crippen LogP contribution in [0.1, 0.15) is 21.9 Å². The van der Waals surface area contributed by atoms with Gasteiger partial charge in [0.1, 0.15) is 0 Å². The normalized spacial score (nSPS) is 10.3. The number of hydrogen-bond acceptors (Lipinski definition) is 3. The number of nitrogens with one attached hydrogen (secondary N) is 3. The van der Waals surface area contributed by atoms with Crippen LogP contribution in [0.15, 0.2) is 12.1 Å². The Morgan fingerprint density at radius 3 is 2.40 bits per heavy atom. The Hall–Kier alpha value is -2.11. The summed E-state index contributed by atoms with van der Waals surface area (Å²) in [4.78, 5) is 11.6. The van der Waals surface area contributed by atoms with Gasteiger partial charge in [-0.25, -0.2) is 0 Å². The molecule has 3 N–H and O–H groups in total. The van der Waals surface area contributed by atoms with Gasteiger partial charge in [0, 0.05) is 17.5 Å². The molecule has 0 bridgehead atoms. The molecule has 0 aliphatic heterocycles. The summed E-state index contributed by atoms with van der Waals surface area (Å²) in [6, 6.07) is 3.42. The van der Waals surface area contributed by atoms with E-state index in [1.165, 1.54) is 0 Å². The summed E-state index contributed by atoms with van der Waals surface area (Å²) in [5, 5.41) is 15.8. The molecular formula is C9H11N5O. The third-order valence-corrected chi connectivity index (χ3v) is 1.89. The van der Waals surface area contributed by atoms with E-state index in [4.69, 9.17) is 0 Å². The number of nitrogens with zero attached hydrogens (tertiary/aromatic N) is 2. The minimum atomic E-state index is -0.272. The number of anilines is 1. The number of aryl methyl sites for hydroxylation is 2. The van der Waals surface area contributed by atoms with Crippen molar-refractivity contribution in [3.05, 3.63) is 29.2 Å². The van der Waals surface area contributed by atoms with Crippen molar-refractivity contribution in [3.63, 3.8) is 0 Å². The SMILES string of the molecule is Cc1cc(NC(=O)c2cc(C)[nH]n2)n[nH]1. The van der Waals surface area contributed by atoms with E-state index in [0.717, 1.165) is 11.4 Å². The maximum Gasteiger partial charge on any atom is 0.277 e. The van der Waals surface area contributed by atoms with Crippen molar-refractivity contribution < 1.29 is 4.79 Å². The average Bonchev–Trinajstić information content (AvgIpc) is 2.75. The molecule has 0 aliphatic rings. The van der Waals surface area contributed by atoms with E-state index in [1.807, 2.05) is 13.8 Å². The molecule has 6 nitrogen and oxygen atoms in total. The van der Waals surface area contributed by atoms with Gasteiger partial charge in [-0.05, 0) is 19.9 Å². The number of hydrogen-bond donors (Lipinski definition) is 3. The quantitative estimate of drug-likeness (QED) is 0.683. The first kappa shape index (κ1) is 9.45. The lowest BCUT2D eigenvalue weighted by atomic mass is 10.3. The molecule has 2 aromatic heterocycles. The van der Waals surface area contributed by atoms with Crippen LogP contribution in [-0.2, 0) is 0 Å². The number of amides is 1. The maximum atomic E-state index is 11.6. The van der Waals surface area contributed by atoms with E-state index in [2.05, 4.69) is 25.7 Å². The summed E-state index contributed by atoms with van der Waals surface area (Å²) in [6.07, 6.45) is 0. The van der Waals surface area contributed by atoms with Gasteiger partial charge in [0.2, 0.25) is 0 Å². The van der Waals surface area contributed by atoms with Crippen molar-refractivity contribution in [3.8, 4) is 0 Å². The largest absolute Gasteiger partial charge is 0.304 e. The summed E-state index contributed by atoms with van der Waals surface area (Å²) in [6.45, 7) is 3.70. The zero-order valence-electron chi connectivity index (χ0n) is 8.46. The Bertz CT molecular complexity index is 484. The Morgan fingerprint density at radius 1 is 1.20 bits per heavy atom. The highest BCUT2D eigenvalue weighted by Gasteiger charge is 2.10. The van der Waals surface area contributed by atoms with Gasteiger partial charge < -0.3 is 5.32 Å². The molecule has 0 atom stereocenters. The van der Waals surface area contributed by atoms with Gasteiger partial charge in [0.05, 0.1) is 0 Å². The molecule has 0 aromatic carbocycles. The maximum absolute atomic E-state index is 11.6. The molecule has 2 aromatic rings. The highest BCUT2D eigenvalue weighted by atomic mass is 16.2. The van der Waals surface area contributed by atoms with Crippen LogP contribution in [0.25, 0.3) is 0 Å². The molecule has 15 heavy (non-hydrogen) atoms. The predicted octanol–water partition coefficient (Wildman–Crippen LogP) is 1.00. The third-order valence-electron chi connectivity index (χ3n) is 1.89. The number of aromatic amines is 2. The molecule has 2 rings (SSSR count). The van der Waals surface area contributed by atoms with Crippen molar-refractivity contribution in [2.75, 3.05) is 5.32 Å². The van der Waals surface area contributed by atoms with E-state index in [9.17, 15) is 4.79 Å². The van der Waals surface area contributed by atoms with E-state index in [-0.39, 0.29) is 5.91 Å². The molecule has 0 fully saturated rings. The highest BCUT2D eigenvalue weighted by molar-refractivity contribution is 6.02. The zero-order valence-corrected chi connectivity index (χ0v) is 8.46. The fourth-order valence-electron chi connectivity index (χ4n) is 1.20. The number of H-pyrrole nitrogens is 2. The molecule has 0 saturated heterocycles. The summed E-state index contributed by atoms with van der Waals surface area (Å²) in [5.41, 5.74) is 2.09. The minimum Gasteiger partial charge on any atom is -0.304 e. The first-order valence-electron chi connectivity index (χ1n) is 4.50. The van der Waals surface area contributed by atoms with Gasteiger partial charge in [-0.15, -0.1) is 0 Å². The van der Waals surface area contributed by atoms with Gasteiger partial charge in [-0.1, -0.05) is 0 Å². The topological polar surface area (TPSA) is 86.5 Å². The minimum absolute atomic E-state index is 0.272. The van der Waals surface area contributed by atoms with Gasteiger partial charge in [-0.3, -0.25) is 15.0 Å².